The average Bonchev–Trinajstić information content (AvgIpc) is 2.66. The molecule has 0 aliphatic carbocycles. The minimum absolute atomic E-state index is 0.148. The second kappa shape index (κ2) is 9.48. The standard InChI is InChI=1S/C18H13Cl2F5N2O3/c19-15(20)18(24,25)30-11-7-5-10(6-8-11)9-26-16(29)27-14(28)12-3-1-2-4-13(12)17(21,22)23/h1-8,15H,9H2,(H2,26,27,28,29). The number of amides is 3. The van der Waals surface area contributed by atoms with Gasteiger partial charge in [0, 0.05) is 6.54 Å². The van der Waals surface area contributed by atoms with Crippen molar-refractivity contribution in [2.75, 3.05) is 0 Å². The van der Waals surface area contributed by atoms with E-state index in [9.17, 15) is 31.5 Å². The Balaban J connectivity index is 1.93. The average molecular weight is 471 g/mol. The molecule has 0 atom stereocenters. The van der Waals surface area contributed by atoms with Crippen LogP contribution in [0.25, 0.3) is 0 Å². The topological polar surface area (TPSA) is 67.4 Å². The highest BCUT2D eigenvalue weighted by Gasteiger charge is 2.40. The molecule has 162 valence electrons. The highest BCUT2D eigenvalue weighted by molar-refractivity contribution is 6.44. The normalized spacial score (nSPS) is 11.9. The van der Waals surface area contributed by atoms with Gasteiger partial charge in [0.1, 0.15) is 5.75 Å². The highest BCUT2D eigenvalue weighted by atomic mass is 35.5. The summed E-state index contributed by atoms with van der Waals surface area (Å²) in [6, 6.07) is 7.97. The first-order valence-corrected chi connectivity index (χ1v) is 8.97. The van der Waals surface area contributed by atoms with Crippen LogP contribution in [0.4, 0.5) is 26.7 Å². The van der Waals surface area contributed by atoms with Crippen LogP contribution in [-0.4, -0.2) is 22.9 Å². The summed E-state index contributed by atoms with van der Waals surface area (Å²) in [7, 11) is 0. The van der Waals surface area contributed by atoms with Crippen LogP contribution in [0, 0.1) is 0 Å². The van der Waals surface area contributed by atoms with Crippen molar-refractivity contribution in [3.63, 3.8) is 0 Å². The molecule has 0 spiro atoms. The van der Waals surface area contributed by atoms with E-state index in [1.54, 1.807) is 5.32 Å². The van der Waals surface area contributed by atoms with E-state index in [-0.39, 0.29) is 12.3 Å². The predicted octanol–water partition coefficient (Wildman–Crippen LogP) is 5.12. The molecule has 12 heteroatoms. The zero-order chi connectivity index (χ0) is 22.5. The Labute approximate surface area is 177 Å². The number of alkyl halides is 7. The van der Waals surface area contributed by atoms with Crippen LogP contribution >= 0.6 is 23.2 Å². The molecule has 2 N–H and O–H groups in total. The van der Waals surface area contributed by atoms with Crippen molar-refractivity contribution in [3.8, 4) is 5.75 Å². The summed E-state index contributed by atoms with van der Waals surface area (Å²) in [6.07, 6.45) is -8.58. The first-order valence-electron chi connectivity index (χ1n) is 8.09. The van der Waals surface area contributed by atoms with Gasteiger partial charge in [0.05, 0.1) is 11.1 Å². The molecule has 0 radical (unpaired) electrons. The molecule has 0 aromatic heterocycles. The van der Waals surface area contributed by atoms with Gasteiger partial charge in [-0.15, -0.1) is 0 Å². The Morgan fingerprint density at radius 1 is 0.967 bits per heavy atom. The maximum absolute atomic E-state index is 13.3. The lowest BCUT2D eigenvalue weighted by Crippen LogP contribution is -2.39. The van der Waals surface area contributed by atoms with E-state index >= 15 is 0 Å². The van der Waals surface area contributed by atoms with Crippen LogP contribution in [0.5, 0.6) is 5.75 Å². The van der Waals surface area contributed by atoms with Gasteiger partial charge in [0.25, 0.3) is 5.91 Å². The lowest BCUT2D eigenvalue weighted by Gasteiger charge is -2.18. The summed E-state index contributed by atoms with van der Waals surface area (Å²) >= 11 is 10.2. The van der Waals surface area contributed by atoms with E-state index in [1.807, 2.05) is 0 Å². The van der Waals surface area contributed by atoms with E-state index in [1.165, 1.54) is 30.3 Å². The number of imide groups is 1. The van der Waals surface area contributed by atoms with Gasteiger partial charge >= 0.3 is 18.3 Å². The number of ether oxygens (including phenoxy) is 1. The number of nitrogens with one attached hydrogen (secondary N) is 2. The molecule has 2 aromatic carbocycles. The number of carbonyl (C=O) groups is 2. The molecule has 0 saturated heterocycles. The number of rotatable bonds is 6. The molecule has 2 aromatic rings. The molecule has 2 rings (SSSR count). The van der Waals surface area contributed by atoms with Crippen molar-refractivity contribution in [1.82, 2.24) is 10.6 Å². The smallest absolute Gasteiger partial charge is 0.428 e. The van der Waals surface area contributed by atoms with E-state index in [2.05, 4.69) is 10.1 Å². The van der Waals surface area contributed by atoms with E-state index in [4.69, 9.17) is 23.2 Å². The lowest BCUT2D eigenvalue weighted by molar-refractivity contribution is -0.163. The number of urea groups is 1. The number of carbonyl (C=O) groups excluding carboxylic acids is 2. The van der Waals surface area contributed by atoms with E-state index in [0.717, 1.165) is 18.2 Å². The molecule has 30 heavy (non-hydrogen) atoms. The Morgan fingerprint density at radius 2 is 1.57 bits per heavy atom. The highest BCUT2D eigenvalue weighted by Crippen LogP contribution is 2.32. The van der Waals surface area contributed by atoms with Gasteiger partial charge in [-0.3, -0.25) is 10.1 Å². The maximum Gasteiger partial charge on any atom is 0.428 e. The quantitative estimate of drug-likeness (QED) is 0.454. The van der Waals surface area contributed by atoms with Crippen molar-refractivity contribution in [2.45, 2.75) is 23.7 Å². The minimum Gasteiger partial charge on any atom is -0.431 e. The lowest BCUT2D eigenvalue weighted by atomic mass is 10.1. The first kappa shape index (κ1) is 23.7. The largest absolute Gasteiger partial charge is 0.431 e. The van der Waals surface area contributed by atoms with Gasteiger partial charge in [0.2, 0.25) is 4.84 Å². The molecular formula is C18H13Cl2F5N2O3. The number of benzene rings is 2. The zero-order valence-electron chi connectivity index (χ0n) is 14.8. The van der Waals surface area contributed by atoms with Crippen molar-refractivity contribution >= 4 is 35.1 Å². The van der Waals surface area contributed by atoms with Crippen molar-refractivity contribution in [3.05, 3.63) is 65.2 Å². The molecule has 0 saturated carbocycles. The van der Waals surface area contributed by atoms with Gasteiger partial charge in [-0.2, -0.15) is 22.0 Å². The first-order chi connectivity index (χ1) is 13.9. The molecule has 0 aliphatic heterocycles. The molecule has 0 aliphatic rings. The fraction of sp³-hybridized carbons (Fsp3) is 0.222. The molecule has 0 bridgehead atoms. The summed E-state index contributed by atoms with van der Waals surface area (Å²) in [5.74, 6) is -1.47. The Hall–Kier alpha value is -2.59. The van der Waals surface area contributed by atoms with Crippen molar-refractivity contribution < 1.29 is 36.3 Å². The number of hydrogen-bond donors (Lipinski definition) is 2. The predicted molar refractivity (Wildman–Crippen MR) is 98.7 cm³/mol. The molecular weight excluding hydrogens is 458 g/mol. The van der Waals surface area contributed by atoms with Crippen LogP contribution in [-0.2, 0) is 12.7 Å². The van der Waals surface area contributed by atoms with Gasteiger partial charge in [-0.05, 0) is 29.8 Å². The Morgan fingerprint density at radius 3 is 2.13 bits per heavy atom. The number of halogens is 7. The molecule has 3 amide bonds. The second-order valence-electron chi connectivity index (χ2n) is 5.79. The third-order valence-electron chi connectivity index (χ3n) is 3.59. The van der Waals surface area contributed by atoms with Crippen molar-refractivity contribution in [1.29, 1.82) is 0 Å². The monoisotopic (exact) mass is 470 g/mol. The third-order valence-corrected chi connectivity index (χ3v) is 4.10. The molecule has 0 fully saturated rings. The van der Waals surface area contributed by atoms with Crippen LogP contribution in [0.1, 0.15) is 21.5 Å². The van der Waals surface area contributed by atoms with Gasteiger partial charge in [-0.25, -0.2) is 4.79 Å². The minimum atomic E-state index is -4.77. The summed E-state index contributed by atoms with van der Waals surface area (Å²) in [5.41, 5.74) is -1.46. The molecule has 0 heterocycles. The molecule has 0 unspecified atom stereocenters. The van der Waals surface area contributed by atoms with Crippen LogP contribution in [0.3, 0.4) is 0 Å². The summed E-state index contributed by atoms with van der Waals surface area (Å²) in [5, 5.41) is 4.05. The van der Waals surface area contributed by atoms with E-state index in [0.29, 0.717) is 5.56 Å². The fourth-order valence-corrected chi connectivity index (χ4v) is 2.29. The van der Waals surface area contributed by atoms with E-state index < -0.39 is 40.2 Å². The van der Waals surface area contributed by atoms with Crippen LogP contribution in [0.15, 0.2) is 48.5 Å². The fourth-order valence-electron chi connectivity index (χ4n) is 2.20. The zero-order valence-corrected chi connectivity index (χ0v) is 16.3. The SMILES string of the molecule is O=C(NCc1ccc(OC(F)(F)C(Cl)Cl)cc1)NC(=O)c1ccccc1C(F)(F)F. The van der Waals surface area contributed by atoms with Crippen LogP contribution in [0.2, 0.25) is 0 Å². The summed E-state index contributed by atoms with van der Waals surface area (Å²) < 4.78 is 69.8. The Kier molecular flexibility index (Phi) is 7.49. The summed E-state index contributed by atoms with van der Waals surface area (Å²) in [4.78, 5) is 21.7. The summed E-state index contributed by atoms with van der Waals surface area (Å²) in [6.45, 7) is -0.148. The second-order valence-corrected chi connectivity index (χ2v) is 6.88. The third kappa shape index (κ3) is 6.46. The Bertz CT molecular complexity index is 905. The van der Waals surface area contributed by atoms with Crippen LogP contribution < -0.4 is 15.4 Å². The number of hydrogen-bond acceptors (Lipinski definition) is 3. The molecule has 5 nitrogen and oxygen atoms in total. The van der Waals surface area contributed by atoms with Gasteiger partial charge in [-0.1, -0.05) is 47.5 Å². The van der Waals surface area contributed by atoms with Gasteiger partial charge < -0.3 is 10.1 Å². The van der Waals surface area contributed by atoms with Gasteiger partial charge in [0.15, 0.2) is 0 Å². The van der Waals surface area contributed by atoms with Crippen molar-refractivity contribution in [2.24, 2.45) is 0 Å². The maximum atomic E-state index is 13.3.